The number of carboxylic acid groups (broad SMARTS) is 1. The second-order valence-corrected chi connectivity index (χ2v) is 7.27. The zero-order chi connectivity index (χ0) is 20.1. The Morgan fingerprint density at radius 2 is 2.15 bits per heavy atom. The molecule has 0 saturated carbocycles. The summed E-state index contributed by atoms with van der Waals surface area (Å²) in [4.78, 5) is 36.9. The lowest BCUT2D eigenvalue weighted by molar-refractivity contribution is -0.137. The van der Waals surface area contributed by atoms with Gasteiger partial charge in [0.25, 0.3) is 5.91 Å². The summed E-state index contributed by atoms with van der Waals surface area (Å²) in [5.74, 6) is -1.68. The minimum atomic E-state index is -1.03. The molecular formula is C17H18N2O6S2. The zero-order valence-electron chi connectivity index (χ0n) is 14.6. The summed E-state index contributed by atoms with van der Waals surface area (Å²) in [7, 11) is 1.42. The van der Waals surface area contributed by atoms with Crippen molar-refractivity contribution in [2.45, 2.75) is 19.4 Å². The van der Waals surface area contributed by atoms with Crippen LogP contribution in [0.25, 0.3) is 6.08 Å². The number of carbonyl (C=O) groups is 3. The first-order valence-electron chi connectivity index (χ1n) is 7.88. The predicted molar refractivity (Wildman–Crippen MR) is 104 cm³/mol. The van der Waals surface area contributed by atoms with Crippen molar-refractivity contribution in [2.75, 3.05) is 13.7 Å². The number of phenolic OH excluding ortho intramolecular Hbond substituents is 1. The lowest BCUT2D eigenvalue weighted by Gasteiger charge is -2.22. The van der Waals surface area contributed by atoms with Crippen LogP contribution in [0, 0.1) is 0 Å². The Morgan fingerprint density at radius 1 is 1.44 bits per heavy atom. The SMILES string of the molecule is COc1cc(/C=C2\SC(=S)N(C(C)C(=O)NCCC(=O)O)C2=O)ccc1O. The highest BCUT2D eigenvalue weighted by atomic mass is 32.2. The number of methoxy groups -OCH3 is 1. The number of carboxylic acids is 1. The maximum absolute atomic E-state index is 12.7. The molecule has 0 aliphatic carbocycles. The molecule has 1 unspecified atom stereocenters. The molecule has 0 bridgehead atoms. The molecule has 2 rings (SSSR count). The van der Waals surface area contributed by atoms with Crippen LogP contribution in [0.1, 0.15) is 18.9 Å². The molecule has 8 nitrogen and oxygen atoms in total. The molecule has 1 fully saturated rings. The smallest absolute Gasteiger partial charge is 0.305 e. The van der Waals surface area contributed by atoms with Crippen LogP contribution in [0.3, 0.4) is 0 Å². The van der Waals surface area contributed by atoms with Crippen molar-refractivity contribution in [3.63, 3.8) is 0 Å². The third kappa shape index (κ3) is 4.98. The van der Waals surface area contributed by atoms with Crippen LogP contribution in [-0.4, -0.2) is 56.9 Å². The van der Waals surface area contributed by atoms with Gasteiger partial charge in [-0.25, -0.2) is 0 Å². The van der Waals surface area contributed by atoms with Gasteiger partial charge in [-0.1, -0.05) is 30.0 Å². The Hall–Kier alpha value is -2.59. The highest BCUT2D eigenvalue weighted by Crippen LogP contribution is 2.35. The van der Waals surface area contributed by atoms with E-state index in [-0.39, 0.29) is 28.8 Å². The minimum Gasteiger partial charge on any atom is -0.504 e. The number of nitrogens with zero attached hydrogens (tertiary/aromatic N) is 1. The number of thiocarbonyl (C=S) groups is 1. The number of carbonyl (C=O) groups excluding carboxylic acids is 2. The Bertz CT molecular complexity index is 824. The van der Waals surface area contributed by atoms with Crippen molar-refractivity contribution < 1.29 is 29.3 Å². The van der Waals surface area contributed by atoms with Gasteiger partial charge in [0.1, 0.15) is 10.4 Å². The van der Waals surface area contributed by atoms with Crippen LogP contribution in [-0.2, 0) is 14.4 Å². The largest absolute Gasteiger partial charge is 0.504 e. The monoisotopic (exact) mass is 410 g/mol. The number of aliphatic carboxylic acids is 1. The third-order valence-electron chi connectivity index (χ3n) is 3.73. The summed E-state index contributed by atoms with van der Waals surface area (Å²) in [6.07, 6.45) is 1.38. The Labute approximate surface area is 165 Å². The Kier molecular flexibility index (Phi) is 6.81. The second kappa shape index (κ2) is 8.87. The average Bonchev–Trinajstić information content (AvgIpc) is 2.89. The summed E-state index contributed by atoms with van der Waals surface area (Å²) in [6.45, 7) is 1.49. The van der Waals surface area contributed by atoms with Crippen LogP contribution >= 0.6 is 24.0 Å². The third-order valence-corrected chi connectivity index (χ3v) is 5.06. The molecule has 1 aromatic carbocycles. The zero-order valence-corrected chi connectivity index (χ0v) is 16.2. The van der Waals surface area contributed by atoms with Crippen LogP contribution in [0.4, 0.5) is 0 Å². The van der Waals surface area contributed by atoms with E-state index in [1.54, 1.807) is 18.2 Å². The fraction of sp³-hybridized carbons (Fsp3) is 0.294. The molecular weight excluding hydrogens is 392 g/mol. The van der Waals surface area contributed by atoms with E-state index in [0.29, 0.717) is 10.5 Å². The molecule has 1 saturated heterocycles. The van der Waals surface area contributed by atoms with E-state index >= 15 is 0 Å². The van der Waals surface area contributed by atoms with Gasteiger partial charge in [0.05, 0.1) is 18.4 Å². The number of rotatable bonds is 7. The van der Waals surface area contributed by atoms with Crippen molar-refractivity contribution >= 4 is 52.2 Å². The predicted octanol–water partition coefficient (Wildman–Crippen LogP) is 1.58. The number of aromatic hydroxyl groups is 1. The van der Waals surface area contributed by atoms with Gasteiger partial charge in [-0.2, -0.15) is 0 Å². The molecule has 2 amide bonds. The summed E-state index contributed by atoms with van der Waals surface area (Å²) in [6, 6.07) is 3.77. The molecule has 1 heterocycles. The van der Waals surface area contributed by atoms with Gasteiger partial charge in [-0.05, 0) is 30.7 Å². The van der Waals surface area contributed by atoms with Crippen molar-refractivity contribution in [3.8, 4) is 11.5 Å². The summed E-state index contributed by atoms with van der Waals surface area (Å²) in [5.41, 5.74) is 0.628. The molecule has 3 N–H and O–H groups in total. The lowest BCUT2D eigenvalue weighted by Crippen LogP contribution is -2.47. The number of nitrogens with one attached hydrogen (secondary N) is 1. The summed E-state index contributed by atoms with van der Waals surface area (Å²) < 4.78 is 5.28. The summed E-state index contributed by atoms with van der Waals surface area (Å²) >= 11 is 6.28. The quantitative estimate of drug-likeness (QED) is 0.458. The van der Waals surface area contributed by atoms with Gasteiger partial charge in [0.2, 0.25) is 5.91 Å². The van der Waals surface area contributed by atoms with E-state index in [9.17, 15) is 19.5 Å². The normalized spacial score (nSPS) is 16.5. The highest BCUT2D eigenvalue weighted by molar-refractivity contribution is 8.26. The van der Waals surface area contributed by atoms with E-state index in [1.165, 1.54) is 25.0 Å². The van der Waals surface area contributed by atoms with Crippen LogP contribution in [0.2, 0.25) is 0 Å². The van der Waals surface area contributed by atoms with Gasteiger partial charge in [0, 0.05) is 6.54 Å². The van der Waals surface area contributed by atoms with Gasteiger partial charge < -0.3 is 20.3 Å². The number of phenols is 1. The van der Waals surface area contributed by atoms with E-state index in [4.69, 9.17) is 22.1 Å². The molecule has 10 heteroatoms. The maximum atomic E-state index is 12.7. The van der Waals surface area contributed by atoms with E-state index in [1.807, 2.05) is 0 Å². The number of hydrogen-bond acceptors (Lipinski definition) is 7. The average molecular weight is 410 g/mol. The van der Waals surface area contributed by atoms with Crippen LogP contribution in [0.5, 0.6) is 11.5 Å². The molecule has 1 atom stereocenters. The molecule has 27 heavy (non-hydrogen) atoms. The fourth-order valence-electron chi connectivity index (χ4n) is 2.31. The first kappa shape index (κ1) is 20.7. The maximum Gasteiger partial charge on any atom is 0.305 e. The lowest BCUT2D eigenvalue weighted by atomic mass is 10.1. The van der Waals surface area contributed by atoms with E-state index < -0.39 is 23.8 Å². The van der Waals surface area contributed by atoms with Gasteiger partial charge >= 0.3 is 5.97 Å². The second-order valence-electron chi connectivity index (χ2n) is 5.59. The topological polar surface area (TPSA) is 116 Å². The Morgan fingerprint density at radius 3 is 2.78 bits per heavy atom. The molecule has 1 aromatic rings. The van der Waals surface area contributed by atoms with Crippen LogP contribution in [0.15, 0.2) is 23.1 Å². The first-order chi connectivity index (χ1) is 12.7. The van der Waals surface area contributed by atoms with E-state index in [0.717, 1.165) is 11.8 Å². The highest BCUT2D eigenvalue weighted by Gasteiger charge is 2.38. The number of benzene rings is 1. The number of ether oxygens (including phenoxy) is 1. The molecule has 0 spiro atoms. The number of thioether (sulfide) groups is 1. The number of hydrogen-bond donors (Lipinski definition) is 3. The Balaban J connectivity index is 2.14. The van der Waals surface area contributed by atoms with Gasteiger partial charge in [-0.3, -0.25) is 19.3 Å². The molecule has 144 valence electrons. The van der Waals surface area contributed by atoms with Gasteiger partial charge in [0.15, 0.2) is 11.5 Å². The van der Waals surface area contributed by atoms with Crippen LogP contribution < -0.4 is 10.1 Å². The standard InChI is InChI=1S/C17H18N2O6S2/c1-9(15(23)18-6-5-14(21)22)19-16(24)13(27-17(19)26)8-10-3-4-11(20)12(7-10)25-2/h3-4,7-9,20H,5-6H2,1-2H3,(H,18,23)(H,21,22)/b13-8-. The van der Waals surface area contributed by atoms with Crippen molar-refractivity contribution in [3.05, 3.63) is 28.7 Å². The van der Waals surface area contributed by atoms with Crippen molar-refractivity contribution in [1.82, 2.24) is 10.2 Å². The summed E-state index contributed by atoms with van der Waals surface area (Å²) in [5, 5.41) is 20.7. The number of amides is 2. The van der Waals surface area contributed by atoms with Gasteiger partial charge in [-0.15, -0.1) is 0 Å². The van der Waals surface area contributed by atoms with Crippen molar-refractivity contribution in [1.29, 1.82) is 0 Å². The first-order valence-corrected chi connectivity index (χ1v) is 9.10. The molecule has 1 aliphatic heterocycles. The molecule has 0 radical (unpaired) electrons. The molecule has 0 aromatic heterocycles. The van der Waals surface area contributed by atoms with E-state index in [2.05, 4.69) is 5.32 Å². The minimum absolute atomic E-state index is 0.0196. The van der Waals surface area contributed by atoms with Crippen molar-refractivity contribution in [2.24, 2.45) is 0 Å². The fourth-order valence-corrected chi connectivity index (χ4v) is 3.73. The molecule has 1 aliphatic rings.